The topological polar surface area (TPSA) is 113 Å². The normalized spacial score (nSPS) is 12.1. The molecule has 2 heterocycles. The molecule has 1 N–H and O–H groups in total. The number of hydrogen-bond acceptors (Lipinski definition) is 9. The van der Waals surface area contributed by atoms with Gasteiger partial charge in [-0.15, -0.1) is 13.2 Å². The second kappa shape index (κ2) is 11.2. The van der Waals surface area contributed by atoms with Gasteiger partial charge in [0.2, 0.25) is 12.7 Å². The highest BCUT2D eigenvalue weighted by molar-refractivity contribution is 8.00. The number of carbonyl (C=O) groups is 3. The summed E-state index contributed by atoms with van der Waals surface area (Å²) in [5.41, 5.74) is 0.600. The van der Waals surface area contributed by atoms with Gasteiger partial charge in [0.25, 0.3) is 0 Å². The molecule has 0 bridgehead atoms. The Morgan fingerprint density at radius 1 is 1.03 bits per heavy atom. The predicted octanol–water partition coefficient (Wildman–Crippen LogP) is 4.48. The van der Waals surface area contributed by atoms with Crippen LogP contribution >= 0.6 is 11.8 Å². The van der Waals surface area contributed by atoms with Crippen molar-refractivity contribution < 1.29 is 46.5 Å². The molecule has 0 saturated carbocycles. The molecule has 13 heteroatoms. The third-order valence-corrected chi connectivity index (χ3v) is 5.74. The summed E-state index contributed by atoms with van der Waals surface area (Å²) in [6.45, 7) is -0.462. The van der Waals surface area contributed by atoms with E-state index in [1.807, 2.05) is 0 Å². The Bertz CT molecular complexity index is 1320. The summed E-state index contributed by atoms with van der Waals surface area (Å²) in [7, 11) is 0. The number of anilines is 1. The average molecular weight is 534 g/mol. The van der Waals surface area contributed by atoms with Gasteiger partial charge in [0.1, 0.15) is 10.8 Å². The number of nitrogens with one attached hydrogen (secondary N) is 1. The van der Waals surface area contributed by atoms with E-state index >= 15 is 0 Å². The molecule has 192 valence electrons. The number of ether oxygens (including phenoxy) is 4. The summed E-state index contributed by atoms with van der Waals surface area (Å²) in [6.07, 6.45) is -3.39. The van der Waals surface area contributed by atoms with E-state index in [-0.39, 0.29) is 34.4 Å². The van der Waals surface area contributed by atoms with Crippen molar-refractivity contribution in [1.82, 2.24) is 4.98 Å². The molecular formula is C24H17F3N2O7S. The highest BCUT2D eigenvalue weighted by atomic mass is 32.2. The first kappa shape index (κ1) is 25.8. The van der Waals surface area contributed by atoms with Crippen LogP contribution in [-0.4, -0.2) is 48.2 Å². The molecular weight excluding hydrogens is 517 g/mol. The summed E-state index contributed by atoms with van der Waals surface area (Å²) in [6, 6.07) is 12.2. The van der Waals surface area contributed by atoms with E-state index in [9.17, 15) is 27.6 Å². The van der Waals surface area contributed by atoms with Gasteiger partial charge in [-0.3, -0.25) is 9.59 Å². The summed E-state index contributed by atoms with van der Waals surface area (Å²) < 4.78 is 56.1. The number of amides is 1. The number of aromatic nitrogens is 1. The van der Waals surface area contributed by atoms with Gasteiger partial charge in [0.05, 0.1) is 11.3 Å². The number of esters is 1. The molecule has 3 aromatic rings. The van der Waals surface area contributed by atoms with Crippen molar-refractivity contribution in [3.8, 4) is 17.2 Å². The molecule has 4 rings (SSSR count). The summed E-state index contributed by atoms with van der Waals surface area (Å²) in [4.78, 5) is 41.4. The van der Waals surface area contributed by atoms with E-state index in [1.165, 1.54) is 42.6 Å². The number of halogens is 3. The molecule has 37 heavy (non-hydrogen) atoms. The van der Waals surface area contributed by atoms with Crippen LogP contribution in [0.5, 0.6) is 17.2 Å². The maximum Gasteiger partial charge on any atom is 0.573 e. The van der Waals surface area contributed by atoms with Crippen LogP contribution in [0.25, 0.3) is 0 Å². The zero-order valence-electron chi connectivity index (χ0n) is 18.7. The highest BCUT2D eigenvalue weighted by Gasteiger charge is 2.31. The van der Waals surface area contributed by atoms with Crippen molar-refractivity contribution in [2.75, 3.05) is 24.5 Å². The minimum atomic E-state index is -4.82. The Morgan fingerprint density at radius 2 is 1.78 bits per heavy atom. The molecule has 1 amide bonds. The maximum absolute atomic E-state index is 12.6. The lowest BCUT2D eigenvalue weighted by Gasteiger charge is -2.10. The van der Waals surface area contributed by atoms with Crippen LogP contribution in [0, 0.1) is 0 Å². The fourth-order valence-corrected chi connectivity index (χ4v) is 3.88. The lowest BCUT2D eigenvalue weighted by molar-refractivity contribution is -0.274. The number of hydrogen-bond donors (Lipinski definition) is 1. The van der Waals surface area contributed by atoms with Crippen molar-refractivity contribution >= 4 is 35.1 Å². The summed E-state index contributed by atoms with van der Waals surface area (Å²) >= 11 is 0.945. The number of fused-ring (bicyclic) bond motifs is 1. The van der Waals surface area contributed by atoms with Gasteiger partial charge in [-0.25, -0.2) is 9.78 Å². The molecule has 0 unspecified atom stereocenters. The summed E-state index contributed by atoms with van der Waals surface area (Å²) in [5.74, 6) is -1.38. The Labute approximate surface area is 211 Å². The minimum Gasteiger partial charge on any atom is -0.454 e. The van der Waals surface area contributed by atoms with Crippen molar-refractivity contribution in [2.45, 2.75) is 11.4 Å². The van der Waals surface area contributed by atoms with Gasteiger partial charge in [-0.05, 0) is 54.6 Å². The van der Waals surface area contributed by atoms with Gasteiger partial charge < -0.3 is 24.3 Å². The smallest absolute Gasteiger partial charge is 0.454 e. The van der Waals surface area contributed by atoms with Crippen LogP contribution in [0.2, 0.25) is 0 Å². The maximum atomic E-state index is 12.6. The number of nitrogens with zero attached hydrogens (tertiary/aromatic N) is 1. The number of ketones is 1. The second-order valence-corrected chi connectivity index (χ2v) is 8.30. The zero-order valence-corrected chi connectivity index (χ0v) is 19.6. The molecule has 0 atom stereocenters. The fraction of sp³-hybridized carbons (Fsp3) is 0.167. The first-order valence-electron chi connectivity index (χ1n) is 10.5. The minimum absolute atomic E-state index is 0.0602. The van der Waals surface area contributed by atoms with Crippen LogP contribution in [0.1, 0.15) is 20.7 Å². The van der Waals surface area contributed by atoms with Gasteiger partial charge in [-0.1, -0.05) is 11.8 Å². The first-order chi connectivity index (χ1) is 17.7. The molecule has 1 aromatic heterocycles. The van der Waals surface area contributed by atoms with Gasteiger partial charge in [0.15, 0.2) is 23.9 Å². The molecule has 9 nitrogen and oxygen atoms in total. The molecule has 2 aromatic carbocycles. The van der Waals surface area contributed by atoms with E-state index in [0.29, 0.717) is 11.5 Å². The SMILES string of the molecule is O=C(CSc1ncccc1C(=O)OCC(=O)c1ccc2c(c1)OCO2)Nc1ccc(OC(F)(F)F)cc1. The number of thioether (sulfide) groups is 1. The van der Waals surface area contributed by atoms with Crippen molar-refractivity contribution in [2.24, 2.45) is 0 Å². The number of carbonyl (C=O) groups excluding carboxylic acids is 3. The Hall–Kier alpha value is -4.26. The molecule has 0 radical (unpaired) electrons. The summed E-state index contributed by atoms with van der Waals surface area (Å²) in [5, 5.41) is 2.72. The molecule has 0 saturated heterocycles. The molecule has 1 aliphatic rings. The number of benzene rings is 2. The van der Waals surface area contributed by atoms with E-state index in [4.69, 9.17) is 14.2 Å². The lowest BCUT2D eigenvalue weighted by Crippen LogP contribution is -2.17. The van der Waals surface area contributed by atoms with Crippen molar-refractivity contribution in [1.29, 1.82) is 0 Å². The Kier molecular flexibility index (Phi) is 7.82. The predicted molar refractivity (Wildman–Crippen MR) is 124 cm³/mol. The van der Waals surface area contributed by atoms with Crippen LogP contribution in [0.3, 0.4) is 0 Å². The van der Waals surface area contributed by atoms with E-state index in [1.54, 1.807) is 6.07 Å². The van der Waals surface area contributed by atoms with Crippen LogP contribution in [0.4, 0.5) is 18.9 Å². The first-order valence-corrected chi connectivity index (χ1v) is 11.5. The van der Waals surface area contributed by atoms with E-state index in [0.717, 1.165) is 23.9 Å². The molecule has 0 aliphatic carbocycles. The molecule has 1 aliphatic heterocycles. The lowest BCUT2D eigenvalue weighted by atomic mass is 10.1. The van der Waals surface area contributed by atoms with Gasteiger partial charge >= 0.3 is 12.3 Å². The third kappa shape index (κ3) is 7.13. The van der Waals surface area contributed by atoms with Crippen molar-refractivity contribution in [3.05, 3.63) is 71.9 Å². The van der Waals surface area contributed by atoms with Gasteiger partial charge in [-0.2, -0.15) is 0 Å². The second-order valence-electron chi connectivity index (χ2n) is 7.33. The fourth-order valence-electron chi connectivity index (χ4n) is 3.09. The number of rotatable bonds is 9. The Morgan fingerprint density at radius 3 is 2.54 bits per heavy atom. The molecule has 0 fully saturated rings. The monoisotopic (exact) mass is 534 g/mol. The zero-order chi connectivity index (χ0) is 26.4. The van der Waals surface area contributed by atoms with E-state index < -0.39 is 36.4 Å². The number of Topliss-reactive ketones (excluding diaryl/α,β-unsaturated/α-hetero) is 1. The van der Waals surface area contributed by atoms with Gasteiger partial charge in [0, 0.05) is 17.4 Å². The quantitative estimate of drug-likeness (QED) is 0.241. The van der Waals surface area contributed by atoms with Crippen molar-refractivity contribution in [3.63, 3.8) is 0 Å². The van der Waals surface area contributed by atoms with Crippen LogP contribution in [-0.2, 0) is 9.53 Å². The third-order valence-electron chi connectivity index (χ3n) is 4.73. The average Bonchev–Trinajstić information content (AvgIpc) is 3.34. The van der Waals surface area contributed by atoms with E-state index in [2.05, 4.69) is 15.0 Å². The highest BCUT2D eigenvalue weighted by Crippen LogP contribution is 2.32. The Balaban J connectivity index is 1.30. The number of pyridine rings is 1. The van der Waals surface area contributed by atoms with Crippen LogP contribution < -0.4 is 19.5 Å². The molecule has 0 spiro atoms. The number of alkyl halides is 3. The standard InChI is InChI=1S/C24H17F3N2O7S/c25-24(26,27)36-16-6-4-15(5-7-16)29-21(31)12-37-22-17(2-1-9-28-22)23(32)33-11-18(30)14-3-8-19-20(10-14)35-13-34-19/h1-10H,11-13H2,(H,29,31). The van der Waals surface area contributed by atoms with Crippen LogP contribution in [0.15, 0.2) is 65.8 Å². The largest absolute Gasteiger partial charge is 0.573 e.